The van der Waals surface area contributed by atoms with E-state index in [9.17, 15) is 0 Å². The van der Waals surface area contributed by atoms with E-state index < -0.39 is 0 Å². The van der Waals surface area contributed by atoms with Gasteiger partial charge in [-0.25, -0.2) is 4.98 Å². The summed E-state index contributed by atoms with van der Waals surface area (Å²) in [7, 11) is 2.03. The fourth-order valence-electron chi connectivity index (χ4n) is 3.17. The highest BCUT2D eigenvalue weighted by molar-refractivity contribution is 5.14. The first-order chi connectivity index (χ1) is 10.8. The second-order valence-electron chi connectivity index (χ2n) is 5.89. The third kappa shape index (κ3) is 3.20. The van der Waals surface area contributed by atoms with Crippen molar-refractivity contribution in [3.63, 3.8) is 0 Å². The van der Waals surface area contributed by atoms with Gasteiger partial charge in [0.2, 0.25) is 0 Å². The lowest BCUT2D eigenvalue weighted by atomic mass is 9.99. The number of aryl methyl sites for hydroxylation is 1. The lowest BCUT2D eigenvalue weighted by molar-refractivity contribution is 0.0804. The van der Waals surface area contributed by atoms with Crippen LogP contribution in [0.3, 0.4) is 0 Å². The molecule has 2 aromatic rings. The Bertz CT molecular complexity index is 583. The van der Waals surface area contributed by atoms with Gasteiger partial charge in [-0.2, -0.15) is 0 Å². The van der Waals surface area contributed by atoms with E-state index in [1.54, 1.807) is 0 Å². The molecule has 0 spiro atoms. The van der Waals surface area contributed by atoms with Crippen molar-refractivity contribution in [1.29, 1.82) is 0 Å². The van der Waals surface area contributed by atoms with E-state index in [1.807, 2.05) is 31.8 Å². The molecule has 0 radical (unpaired) electrons. The Morgan fingerprint density at radius 2 is 2.18 bits per heavy atom. The third-order valence-electron chi connectivity index (χ3n) is 4.47. The Labute approximate surface area is 131 Å². The average molecular weight is 300 g/mol. The van der Waals surface area contributed by atoms with E-state index in [0.717, 1.165) is 31.8 Å². The molecule has 0 amide bonds. The van der Waals surface area contributed by atoms with E-state index in [2.05, 4.69) is 38.9 Å². The first-order valence-electron chi connectivity index (χ1n) is 8.01. The molecule has 5 heteroatoms. The SMILES string of the molecule is CCC(NC[C@@H]1CCO[C@H]1c1nccn1C)c1ccncc1. The van der Waals surface area contributed by atoms with Gasteiger partial charge in [0.15, 0.2) is 0 Å². The van der Waals surface area contributed by atoms with Gasteiger partial charge in [-0.3, -0.25) is 4.98 Å². The summed E-state index contributed by atoms with van der Waals surface area (Å²) in [6.07, 6.45) is 9.77. The molecule has 0 bridgehead atoms. The van der Waals surface area contributed by atoms with E-state index in [0.29, 0.717) is 12.0 Å². The highest BCUT2D eigenvalue weighted by atomic mass is 16.5. The van der Waals surface area contributed by atoms with Gasteiger partial charge in [-0.15, -0.1) is 0 Å². The van der Waals surface area contributed by atoms with Crippen molar-refractivity contribution in [3.8, 4) is 0 Å². The summed E-state index contributed by atoms with van der Waals surface area (Å²) in [4.78, 5) is 8.55. The van der Waals surface area contributed by atoms with Crippen LogP contribution in [0.4, 0.5) is 0 Å². The maximum absolute atomic E-state index is 5.93. The summed E-state index contributed by atoms with van der Waals surface area (Å²) < 4.78 is 7.99. The molecule has 1 aliphatic heterocycles. The Morgan fingerprint density at radius 3 is 2.86 bits per heavy atom. The summed E-state index contributed by atoms with van der Waals surface area (Å²) in [5.74, 6) is 1.50. The normalized spacial score (nSPS) is 22.8. The maximum Gasteiger partial charge on any atom is 0.137 e. The Hall–Kier alpha value is -1.72. The zero-order valence-corrected chi connectivity index (χ0v) is 13.3. The van der Waals surface area contributed by atoms with Crippen LogP contribution in [0.25, 0.3) is 0 Å². The maximum atomic E-state index is 5.93. The van der Waals surface area contributed by atoms with E-state index >= 15 is 0 Å². The Balaban J connectivity index is 1.64. The quantitative estimate of drug-likeness (QED) is 0.891. The summed E-state index contributed by atoms with van der Waals surface area (Å²) in [5, 5.41) is 3.69. The monoisotopic (exact) mass is 300 g/mol. The third-order valence-corrected chi connectivity index (χ3v) is 4.47. The second kappa shape index (κ2) is 7.03. The molecule has 1 saturated heterocycles. The van der Waals surface area contributed by atoms with Crippen molar-refractivity contribution in [3.05, 3.63) is 48.3 Å². The van der Waals surface area contributed by atoms with Crippen molar-refractivity contribution in [2.75, 3.05) is 13.2 Å². The number of hydrogen-bond acceptors (Lipinski definition) is 4. The molecule has 1 N–H and O–H groups in total. The zero-order chi connectivity index (χ0) is 15.4. The minimum Gasteiger partial charge on any atom is -0.370 e. The summed E-state index contributed by atoms with van der Waals surface area (Å²) in [6, 6.07) is 4.54. The van der Waals surface area contributed by atoms with E-state index in [1.165, 1.54) is 5.56 Å². The predicted molar refractivity (Wildman–Crippen MR) is 85.3 cm³/mol. The minimum atomic E-state index is 0.0995. The van der Waals surface area contributed by atoms with Crippen LogP contribution in [0.1, 0.15) is 43.3 Å². The van der Waals surface area contributed by atoms with Crippen LogP contribution in [0.15, 0.2) is 36.9 Å². The summed E-state index contributed by atoms with van der Waals surface area (Å²) in [5.41, 5.74) is 1.30. The molecular formula is C17H24N4O. The standard InChI is InChI=1S/C17H24N4O/c1-3-15(13-4-7-18-8-5-13)20-12-14-6-11-22-16(14)17-19-9-10-21(17)2/h4-5,7-10,14-16,20H,3,6,11-12H2,1-2H3/t14-,15?,16+/m0/s1. The minimum absolute atomic E-state index is 0.0995. The molecule has 1 aliphatic rings. The number of imidazole rings is 1. The highest BCUT2D eigenvalue weighted by Crippen LogP contribution is 2.33. The molecule has 3 heterocycles. The molecule has 3 atom stereocenters. The number of hydrogen-bond donors (Lipinski definition) is 1. The molecule has 0 aromatic carbocycles. The van der Waals surface area contributed by atoms with E-state index in [-0.39, 0.29) is 6.10 Å². The van der Waals surface area contributed by atoms with Gasteiger partial charge in [0.1, 0.15) is 11.9 Å². The molecule has 5 nitrogen and oxygen atoms in total. The van der Waals surface area contributed by atoms with Gasteiger partial charge >= 0.3 is 0 Å². The van der Waals surface area contributed by atoms with Crippen molar-refractivity contribution < 1.29 is 4.74 Å². The number of nitrogens with one attached hydrogen (secondary N) is 1. The molecule has 0 saturated carbocycles. The highest BCUT2D eigenvalue weighted by Gasteiger charge is 2.32. The molecular weight excluding hydrogens is 276 g/mol. The Morgan fingerprint density at radius 1 is 1.36 bits per heavy atom. The fraction of sp³-hybridized carbons (Fsp3) is 0.529. The van der Waals surface area contributed by atoms with Gasteiger partial charge in [0.25, 0.3) is 0 Å². The van der Waals surface area contributed by atoms with Crippen LogP contribution in [0.2, 0.25) is 0 Å². The topological polar surface area (TPSA) is 52.0 Å². The van der Waals surface area contributed by atoms with Gasteiger partial charge in [0.05, 0.1) is 0 Å². The molecule has 118 valence electrons. The van der Waals surface area contributed by atoms with Gasteiger partial charge in [-0.1, -0.05) is 6.92 Å². The van der Waals surface area contributed by atoms with Crippen LogP contribution in [-0.4, -0.2) is 27.7 Å². The average Bonchev–Trinajstić information content (AvgIpc) is 3.17. The van der Waals surface area contributed by atoms with Gasteiger partial charge in [-0.05, 0) is 30.5 Å². The summed E-state index contributed by atoms with van der Waals surface area (Å²) in [6.45, 7) is 3.97. The summed E-state index contributed by atoms with van der Waals surface area (Å²) >= 11 is 0. The molecule has 22 heavy (non-hydrogen) atoms. The van der Waals surface area contributed by atoms with Crippen LogP contribution in [0, 0.1) is 5.92 Å². The lowest BCUT2D eigenvalue weighted by Gasteiger charge is -2.23. The Kier molecular flexibility index (Phi) is 4.85. The predicted octanol–water partition coefficient (Wildman–Crippen LogP) is 2.63. The first-order valence-corrected chi connectivity index (χ1v) is 8.01. The first kappa shape index (κ1) is 15.2. The second-order valence-corrected chi connectivity index (χ2v) is 5.89. The van der Waals surface area contributed by atoms with Crippen LogP contribution in [0.5, 0.6) is 0 Å². The number of pyridine rings is 1. The van der Waals surface area contributed by atoms with Crippen LogP contribution >= 0.6 is 0 Å². The van der Waals surface area contributed by atoms with Crippen molar-refractivity contribution >= 4 is 0 Å². The largest absolute Gasteiger partial charge is 0.370 e. The molecule has 1 fully saturated rings. The number of nitrogens with zero attached hydrogens (tertiary/aromatic N) is 3. The molecule has 1 unspecified atom stereocenters. The van der Waals surface area contributed by atoms with Gasteiger partial charge < -0.3 is 14.6 Å². The number of rotatable bonds is 6. The van der Waals surface area contributed by atoms with Crippen molar-refractivity contribution in [1.82, 2.24) is 19.9 Å². The zero-order valence-electron chi connectivity index (χ0n) is 13.3. The molecule has 2 aromatic heterocycles. The molecule has 0 aliphatic carbocycles. The van der Waals surface area contributed by atoms with Crippen molar-refractivity contribution in [2.45, 2.75) is 31.9 Å². The number of ether oxygens (including phenoxy) is 1. The fourth-order valence-corrected chi connectivity index (χ4v) is 3.17. The smallest absolute Gasteiger partial charge is 0.137 e. The number of aromatic nitrogens is 3. The van der Waals surface area contributed by atoms with Crippen LogP contribution in [-0.2, 0) is 11.8 Å². The van der Waals surface area contributed by atoms with E-state index in [4.69, 9.17) is 4.74 Å². The van der Waals surface area contributed by atoms with Gasteiger partial charge in [0, 0.05) is 56.9 Å². The van der Waals surface area contributed by atoms with Crippen LogP contribution < -0.4 is 5.32 Å². The van der Waals surface area contributed by atoms with Crippen molar-refractivity contribution in [2.24, 2.45) is 13.0 Å². The molecule has 3 rings (SSSR count). The lowest BCUT2D eigenvalue weighted by Crippen LogP contribution is -2.29.